The van der Waals surface area contributed by atoms with Crippen molar-refractivity contribution in [3.05, 3.63) is 30.2 Å². The molecule has 10 nitrogen and oxygen atoms in total. The van der Waals surface area contributed by atoms with Crippen LogP contribution in [0.3, 0.4) is 0 Å². The first-order valence-corrected chi connectivity index (χ1v) is 11.2. The van der Waals surface area contributed by atoms with Crippen molar-refractivity contribution in [3.63, 3.8) is 0 Å². The number of aliphatic hydroxyl groups excluding tert-OH is 1. The van der Waals surface area contributed by atoms with E-state index in [1.54, 1.807) is 16.8 Å². The molecule has 174 valence electrons. The van der Waals surface area contributed by atoms with Crippen LogP contribution in [0, 0.1) is 5.41 Å². The highest BCUT2D eigenvalue weighted by molar-refractivity contribution is 5.95. The monoisotopic (exact) mass is 445 g/mol. The van der Waals surface area contributed by atoms with Gasteiger partial charge in [-0.15, -0.1) is 0 Å². The van der Waals surface area contributed by atoms with Crippen molar-refractivity contribution < 1.29 is 24.5 Å². The van der Waals surface area contributed by atoms with E-state index in [9.17, 15) is 9.90 Å². The third-order valence-corrected chi connectivity index (χ3v) is 7.00. The first-order valence-electron chi connectivity index (χ1n) is 11.2. The number of likely N-dealkylation sites (tertiary alicyclic amines) is 2. The third-order valence-electron chi connectivity index (χ3n) is 7.00. The van der Waals surface area contributed by atoms with E-state index in [2.05, 4.69) is 15.0 Å². The highest BCUT2D eigenvalue weighted by Crippen LogP contribution is 2.41. The number of aliphatic hydroxyl groups is 1. The van der Waals surface area contributed by atoms with Crippen molar-refractivity contribution in [3.8, 4) is 0 Å². The lowest BCUT2D eigenvalue weighted by atomic mass is 9.71. The van der Waals surface area contributed by atoms with E-state index in [1.165, 1.54) is 6.33 Å². The number of nitrogens with zero attached hydrogens (tertiary/aromatic N) is 5. The lowest BCUT2D eigenvalue weighted by Crippen LogP contribution is -2.57. The zero-order valence-electron chi connectivity index (χ0n) is 18.2. The van der Waals surface area contributed by atoms with Crippen molar-refractivity contribution in [1.82, 2.24) is 24.4 Å². The number of rotatable bonds is 2. The van der Waals surface area contributed by atoms with E-state index in [1.807, 2.05) is 11.0 Å². The fourth-order valence-corrected chi connectivity index (χ4v) is 5.40. The van der Waals surface area contributed by atoms with Crippen LogP contribution in [0.5, 0.6) is 0 Å². The highest BCUT2D eigenvalue weighted by Gasteiger charge is 2.43. The summed E-state index contributed by atoms with van der Waals surface area (Å²) in [6, 6.07) is 4.13. The molecule has 0 aromatic carbocycles. The van der Waals surface area contributed by atoms with E-state index >= 15 is 0 Å². The van der Waals surface area contributed by atoms with Gasteiger partial charge in [-0.3, -0.25) is 14.5 Å². The summed E-state index contributed by atoms with van der Waals surface area (Å²) < 4.78 is 7.18. The summed E-state index contributed by atoms with van der Waals surface area (Å²) >= 11 is 0. The lowest BCUT2D eigenvalue weighted by molar-refractivity contribution is -0.122. The minimum absolute atomic E-state index is 0.0583. The van der Waals surface area contributed by atoms with Crippen LogP contribution in [0.15, 0.2) is 24.7 Å². The first kappa shape index (κ1) is 22.6. The normalized spacial score (nSPS) is 24.2. The average molecular weight is 446 g/mol. The average Bonchev–Trinajstić information content (AvgIpc) is 3.28. The van der Waals surface area contributed by atoms with Gasteiger partial charge >= 0.3 is 0 Å². The van der Waals surface area contributed by atoms with Crippen molar-refractivity contribution in [2.75, 3.05) is 39.4 Å². The quantitative estimate of drug-likeness (QED) is 0.654. The number of hydrogen-bond acceptors (Lipinski definition) is 7. The first-order chi connectivity index (χ1) is 15.5. The summed E-state index contributed by atoms with van der Waals surface area (Å²) in [5, 5.41) is 21.6. The van der Waals surface area contributed by atoms with Crippen LogP contribution < -0.4 is 0 Å². The van der Waals surface area contributed by atoms with Gasteiger partial charge in [-0.05, 0) is 49.7 Å². The molecular weight excluding hydrogens is 414 g/mol. The second-order valence-electron chi connectivity index (χ2n) is 9.01. The highest BCUT2D eigenvalue weighted by atomic mass is 16.5. The van der Waals surface area contributed by atoms with Crippen LogP contribution in [-0.2, 0) is 9.53 Å². The van der Waals surface area contributed by atoms with Gasteiger partial charge in [0.15, 0.2) is 5.65 Å². The van der Waals surface area contributed by atoms with Crippen molar-refractivity contribution in [2.45, 2.75) is 44.2 Å². The number of carbonyl (C=O) groups excluding carboxylic acids is 1. The van der Waals surface area contributed by atoms with E-state index in [0.717, 1.165) is 71.5 Å². The fourth-order valence-electron chi connectivity index (χ4n) is 5.40. The van der Waals surface area contributed by atoms with E-state index in [-0.39, 0.29) is 23.9 Å². The van der Waals surface area contributed by atoms with Crippen LogP contribution in [-0.4, -0.2) is 98.5 Å². The Bertz CT molecular complexity index is 920. The molecule has 2 N–H and O–H groups in total. The number of fused-ring (bicyclic) bond motifs is 1. The molecule has 32 heavy (non-hydrogen) atoms. The number of hydrogen-bond donors (Lipinski definition) is 2. The van der Waals surface area contributed by atoms with Crippen LogP contribution in [0.1, 0.15) is 42.5 Å². The molecule has 10 heteroatoms. The van der Waals surface area contributed by atoms with Gasteiger partial charge in [0.2, 0.25) is 0 Å². The molecule has 1 spiro atoms. The van der Waals surface area contributed by atoms with E-state index in [4.69, 9.17) is 14.6 Å². The Labute approximate surface area is 186 Å². The number of carbonyl (C=O) groups is 2. The summed E-state index contributed by atoms with van der Waals surface area (Å²) in [6.45, 7) is 4.68. The number of ether oxygens (including phenoxy) is 1. The molecule has 2 aromatic heterocycles. The van der Waals surface area contributed by atoms with Gasteiger partial charge < -0.3 is 19.8 Å². The lowest BCUT2D eigenvalue weighted by Gasteiger charge is -2.51. The van der Waals surface area contributed by atoms with Gasteiger partial charge in [0, 0.05) is 57.2 Å². The van der Waals surface area contributed by atoms with Gasteiger partial charge in [0.25, 0.3) is 12.4 Å². The molecule has 0 radical (unpaired) electrons. The molecule has 5 heterocycles. The predicted octanol–water partition coefficient (Wildman–Crippen LogP) is 0.898. The zero-order chi connectivity index (χ0) is 22.6. The molecule has 3 fully saturated rings. The Kier molecular flexibility index (Phi) is 7.02. The number of piperidine rings is 2. The van der Waals surface area contributed by atoms with Crippen LogP contribution in [0.4, 0.5) is 0 Å². The summed E-state index contributed by atoms with van der Waals surface area (Å²) in [5.74, 6) is 0.0583. The molecular formula is C22H31N5O5. The topological polar surface area (TPSA) is 121 Å². The fraction of sp³-hybridized carbons (Fsp3) is 0.636. The predicted molar refractivity (Wildman–Crippen MR) is 115 cm³/mol. The molecule has 1 unspecified atom stereocenters. The minimum atomic E-state index is -0.274. The minimum Gasteiger partial charge on any atom is -0.483 e. The second kappa shape index (κ2) is 9.93. The van der Waals surface area contributed by atoms with Crippen molar-refractivity contribution >= 4 is 18.0 Å². The maximum absolute atomic E-state index is 13.0. The van der Waals surface area contributed by atoms with Gasteiger partial charge in [0.1, 0.15) is 6.33 Å². The zero-order valence-corrected chi connectivity index (χ0v) is 18.2. The van der Waals surface area contributed by atoms with Crippen molar-refractivity contribution in [2.24, 2.45) is 5.41 Å². The molecule has 2 aromatic rings. The smallest absolute Gasteiger partial charge is 0.290 e. The van der Waals surface area contributed by atoms with Gasteiger partial charge in [-0.1, -0.05) is 0 Å². The Morgan fingerprint density at radius 1 is 1.25 bits per heavy atom. The van der Waals surface area contributed by atoms with Crippen LogP contribution in [0.25, 0.3) is 5.65 Å². The van der Waals surface area contributed by atoms with E-state index < -0.39 is 0 Å². The molecule has 0 bridgehead atoms. The van der Waals surface area contributed by atoms with E-state index in [0.29, 0.717) is 17.3 Å². The largest absolute Gasteiger partial charge is 0.483 e. The van der Waals surface area contributed by atoms with Gasteiger partial charge in [-0.2, -0.15) is 5.10 Å². The van der Waals surface area contributed by atoms with Crippen LogP contribution >= 0.6 is 0 Å². The molecule has 1 amide bonds. The van der Waals surface area contributed by atoms with Crippen LogP contribution in [0.2, 0.25) is 0 Å². The Balaban J connectivity index is 0.000000775. The second-order valence-corrected chi connectivity index (χ2v) is 9.01. The third kappa shape index (κ3) is 4.92. The number of carboxylic acid groups (broad SMARTS) is 1. The molecule has 3 saturated heterocycles. The number of aromatic nitrogens is 3. The summed E-state index contributed by atoms with van der Waals surface area (Å²) in [7, 11) is 0. The maximum atomic E-state index is 13.0. The Morgan fingerprint density at radius 2 is 1.97 bits per heavy atom. The molecule has 3 aliphatic heterocycles. The number of β-amino-alcohol motifs (C(OH)–C–C–N with tert-alkyl or cyclic N) is 1. The standard InChI is InChI=1S/C21H29N5O3.CH2O2/c27-18-12-21(14-25(13-18)17-2-9-29-10-3-17)4-7-24(8-5-21)20(28)16-1-6-26-19(11-16)22-15-23-26;2-1-3/h1,6,11,15,17-18,27H,2-5,7-10,12-14H2;1H,(H,2,3). The summed E-state index contributed by atoms with van der Waals surface area (Å²) in [4.78, 5) is 30.0. The molecule has 0 saturated carbocycles. The molecule has 5 rings (SSSR count). The Hall–Kier alpha value is -2.56. The Morgan fingerprint density at radius 3 is 2.69 bits per heavy atom. The summed E-state index contributed by atoms with van der Waals surface area (Å²) in [5.41, 5.74) is 1.46. The summed E-state index contributed by atoms with van der Waals surface area (Å²) in [6.07, 6.45) is 7.85. The van der Waals surface area contributed by atoms with Gasteiger partial charge in [-0.25, -0.2) is 9.50 Å². The number of amides is 1. The molecule has 0 aliphatic carbocycles. The molecule has 1 atom stereocenters. The molecule has 3 aliphatic rings. The maximum Gasteiger partial charge on any atom is 0.290 e. The van der Waals surface area contributed by atoms with Gasteiger partial charge in [0.05, 0.1) is 6.10 Å². The van der Waals surface area contributed by atoms with Crippen molar-refractivity contribution in [1.29, 1.82) is 0 Å². The SMILES string of the molecule is O=C(c1ccn2ncnc2c1)N1CCC2(CC1)CC(O)CN(C1CCOCC1)C2.O=CO. The number of pyridine rings is 1.